The molecule has 1 aliphatic carbocycles. The maximum absolute atomic E-state index is 2.43. The number of hydrogen-bond donors (Lipinski definition) is 0. The highest BCUT2D eigenvalue weighted by Gasteiger charge is 2.35. The summed E-state index contributed by atoms with van der Waals surface area (Å²) in [5, 5.41) is 3.97. The van der Waals surface area contributed by atoms with Gasteiger partial charge in [-0.25, -0.2) is 0 Å². The molecule has 0 fully saturated rings. The number of nitrogens with zero attached hydrogens (tertiary/aromatic N) is 2. The maximum Gasteiger partial charge on any atom is 0.109 e. The normalized spacial score (nSPS) is 13.0. The van der Waals surface area contributed by atoms with Crippen molar-refractivity contribution in [2.45, 2.75) is 19.3 Å². The summed E-state index contributed by atoms with van der Waals surface area (Å²) in [6.07, 6.45) is 0. The van der Waals surface area contributed by atoms with Crippen molar-refractivity contribution in [3.8, 4) is 39.1 Å². The molecule has 0 spiro atoms. The van der Waals surface area contributed by atoms with Gasteiger partial charge in [-0.15, -0.1) is 11.3 Å². The number of para-hydroxylation sites is 1. The van der Waals surface area contributed by atoms with E-state index in [0.717, 1.165) is 17.1 Å². The fraction of sp³-hybridized carbons (Fsp3) is 0.0566. The Kier molecular flexibility index (Phi) is 7.42. The molecule has 56 heavy (non-hydrogen) atoms. The summed E-state index contributed by atoms with van der Waals surface area (Å²) in [7, 11) is 0. The molecule has 2 nitrogen and oxygen atoms in total. The van der Waals surface area contributed by atoms with Crippen LogP contribution < -0.4 is 4.90 Å². The highest BCUT2D eigenvalue weighted by Crippen LogP contribution is 2.51. The van der Waals surface area contributed by atoms with E-state index in [1.807, 2.05) is 11.3 Å². The van der Waals surface area contributed by atoms with Gasteiger partial charge in [-0.3, -0.25) is 0 Å². The molecule has 0 radical (unpaired) electrons. The first-order chi connectivity index (χ1) is 27.5. The molecule has 266 valence electrons. The molecule has 0 N–H and O–H groups in total. The number of anilines is 3. The zero-order chi connectivity index (χ0) is 37.4. The van der Waals surface area contributed by atoms with Crippen LogP contribution >= 0.6 is 11.3 Å². The van der Waals surface area contributed by atoms with Crippen LogP contribution in [-0.4, -0.2) is 4.57 Å². The topological polar surface area (TPSA) is 8.17 Å². The van der Waals surface area contributed by atoms with Gasteiger partial charge in [0.25, 0.3) is 0 Å². The van der Waals surface area contributed by atoms with Gasteiger partial charge in [0.15, 0.2) is 0 Å². The molecule has 8 aromatic carbocycles. The zero-order valence-corrected chi connectivity index (χ0v) is 32.1. The fourth-order valence-corrected chi connectivity index (χ4v) is 10.3. The van der Waals surface area contributed by atoms with Gasteiger partial charge in [0, 0.05) is 49.0 Å². The van der Waals surface area contributed by atoms with E-state index in [1.54, 1.807) is 0 Å². The molecular weight excluding hydrogens is 697 g/mol. The van der Waals surface area contributed by atoms with Crippen molar-refractivity contribution in [3.05, 3.63) is 205 Å². The Labute approximate surface area is 331 Å². The molecule has 0 atom stereocenters. The van der Waals surface area contributed by atoms with Crippen LogP contribution in [0.2, 0.25) is 0 Å². The standard InChI is InChI=1S/C53H38N2S/c1-53(2)47-17-9-6-14-43(47)44-33-32-42(34-48(44)53)54(39-26-20-36(21-27-39)35-12-4-3-5-13-35)40-28-22-37(23-29-40)38-24-30-41(31-25-38)55-49-18-10-7-15-45(49)51-46-16-8-11-19-50(46)56-52(51)55/h3-34H,1-2H3. The smallest absolute Gasteiger partial charge is 0.109 e. The van der Waals surface area contributed by atoms with E-state index in [4.69, 9.17) is 0 Å². The Morgan fingerprint density at radius 1 is 0.446 bits per heavy atom. The van der Waals surface area contributed by atoms with E-state index in [9.17, 15) is 0 Å². The van der Waals surface area contributed by atoms with E-state index in [2.05, 4.69) is 217 Å². The van der Waals surface area contributed by atoms with E-state index < -0.39 is 0 Å². The predicted octanol–water partition coefficient (Wildman–Crippen LogP) is 15.1. The molecule has 10 aromatic rings. The van der Waals surface area contributed by atoms with Crippen molar-refractivity contribution >= 4 is 59.6 Å². The minimum atomic E-state index is -0.0868. The van der Waals surface area contributed by atoms with Crippen LogP contribution in [-0.2, 0) is 5.41 Å². The van der Waals surface area contributed by atoms with Gasteiger partial charge in [-0.1, -0.05) is 147 Å². The number of benzene rings is 8. The number of hydrogen-bond acceptors (Lipinski definition) is 2. The van der Waals surface area contributed by atoms with Crippen molar-refractivity contribution in [1.82, 2.24) is 4.57 Å². The Hall–Kier alpha value is -6.68. The summed E-state index contributed by atoms with van der Waals surface area (Å²) in [5.74, 6) is 0. The lowest BCUT2D eigenvalue weighted by molar-refractivity contribution is 0.660. The first-order valence-electron chi connectivity index (χ1n) is 19.3. The third kappa shape index (κ3) is 5.08. The van der Waals surface area contributed by atoms with Gasteiger partial charge < -0.3 is 9.47 Å². The molecule has 0 aliphatic heterocycles. The average Bonchev–Trinajstić information content (AvgIpc) is 3.86. The van der Waals surface area contributed by atoms with Crippen molar-refractivity contribution in [2.24, 2.45) is 0 Å². The monoisotopic (exact) mass is 734 g/mol. The Bertz CT molecular complexity index is 3080. The Morgan fingerprint density at radius 2 is 0.982 bits per heavy atom. The lowest BCUT2D eigenvalue weighted by Gasteiger charge is -2.28. The quantitative estimate of drug-likeness (QED) is 0.165. The van der Waals surface area contributed by atoms with Crippen LogP contribution in [0.1, 0.15) is 25.0 Å². The molecule has 1 aliphatic rings. The fourth-order valence-electron chi connectivity index (χ4n) is 9.01. The summed E-state index contributed by atoms with van der Waals surface area (Å²) < 4.78 is 3.75. The second-order valence-corrected chi connectivity index (χ2v) is 16.4. The second kappa shape index (κ2) is 12.7. The highest BCUT2D eigenvalue weighted by molar-refractivity contribution is 7.25. The summed E-state index contributed by atoms with van der Waals surface area (Å²) in [6, 6.07) is 71.1. The summed E-state index contributed by atoms with van der Waals surface area (Å²) in [6.45, 7) is 4.70. The second-order valence-electron chi connectivity index (χ2n) is 15.4. The SMILES string of the molecule is CC1(C)c2ccccc2-c2ccc(N(c3ccc(-c4ccccc4)cc3)c3ccc(-c4ccc(-n5c6ccccc6c6c7ccccc7sc65)cc4)cc3)cc21. The third-order valence-corrected chi connectivity index (χ3v) is 13.0. The molecule has 2 heterocycles. The molecule has 0 bridgehead atoms. The van der Waals surface area contributed by atoms with Gasteiger partial charge in [0.2, 0.25) is 0 Å². The van der Waals surface area contributed by atoms with Crippen LogP contribution in [0.5, 0.6) is 0 Å². The van der Waals surface area contributed by atoms with E-state index in [-0.39, 0.29) is 5.41 Å². The van der Waals surface area contributed by atoms with Gasteiger partial charge in [-0.05, 0) is 105 Å². The van der Waals surface area contributed by atoms with Crippen molar-refractivity contribution < 1.29 is 0 Å². The average molecular weight is 735 g/mol. The van der Waals surface area contributed by atoms with Crippen LogP contribution in [0.15, 0.2) is 194 Å². The number of thiophene rings is 1. The van der Waals surface area contributed by atoms with Crippen LogP contribution in [0.4, 0.5) is 17.1 Å². The van der Waals surface area contributed by atoms with Crippen LogP contribution in [0, 0.1) is 0 Å². The molecule has 0 saturated heterocycles. The largest absolute Gasteiger partial charge is 0.310 e. The molecule has 0 saturated carbocycles. The summed E-state index contributed by atoms with van der Waals surface area (Å²) in [5.41, 5.74) is 16.0. The Balaban J connectivity index is 0.970. The van der Waals surface area contributed by atoms with E-state index >= 15 is 0 Å². The van der Waals surface area contributed by atoms with Crippen LogP contribution in [0.25, 0.3) is 70.3 Å². The first kappa shape index (κ1) is 32.7. The van der Waals surface area contributed by atoms with Gasteiger partial charge >= 0.3 is 0 Å². The zero-order valence-electron chi connectivity index (χ0n) is 31.3. The number of aromatic nitrogens is 1. The number of fused-ring (bicyclic) bond motifs is 8. The highest BCUT2D eigenvalue weighted by atomic mass is 32.1. The minimum absolute atomic E-state index is 0.0868. The molecule has 0 unspecified atom stereocenters. The first-order valence-corrected chi connectivity index (χ1v) is 20.2. The molecule has 2 aromatic heterocycles. The van der Waals surface area contributed by atoms with E-state index in [1.165, 1.54) is 81.4 Å². The maximum atomic E-state index is 2.43. The lowest BCUT2D eigenvalue weighted by atomic mass is 9.82. The van der Waals surface area contributed by atoms with Crippen molar-refractivity contribution in [3.63, 3.8) is 0 Å². The lowest BCUT2D eigenvalue weighted by Crippen LogP contribution is -2.16. The van der Waals surface area contributed by atoms with Crippen LogP contribution in [0.3, 0.4) is 0 Å². The molecule has 3 heteroatoms. The minimum Gasteiger partial charge on any atom is -0.310 e. The van der Waals surface area contributed by atoms with Crippen molar-refractivity contribution in [1.29, 1.82) is 0 Å². The van der Waals surface area contributed by atoms with Gasteiger partial charge in [-0.2, -0.15) is 0 Å². The summed E-state index contributed by atoms with van der Waals surface area (Å²) >= 11 is 1.87. The predicted molar refractivity (Wildman–Crippen MR) is 239 cm³/mol. The van der Waals surface area contributed by atoms with Gasteiger partial charge in [0.05, 0.1) is 5.52 Å². The number of rotatable bonds is 6. The molecule has 0 amide bonds. The Morgan fingerprint density at radius 3 is 1.70 bits per heavy atom. The molecule has 11 rings (SSSR count). The van der Waals surface area contributed by atoms with E-state index in [0.29, 0.717) is 0 Å². The van der Waals surface area contributed by atoms with Crippen molar-refractivity contribution in [2.75, 3.05) is 4.90 Å². The molecular formula is C53H38N2S. The third-order valence-electron chi connectivity index (χ3n) is 11.8. The summed E-state index contributed by atoms with van der Waals surface area (Å²) in [4.78, 5) is 3.69. The van der Waals surface area contributed by atoms with Gasteiger partial charge in [0.1, 0.15) is 4.83 Å².